The number of aryl methyl sites for hydroxylation is 3. The van der Waals surface area contributed by atoms with Crippen molar-refractivity contribution in [3.63, 3.8) is 0 Å². The van der Waals surface area contributed by atoms with E-state index in [1.54, 1.807) is 0 Å². The number of pyridine rings is 1. The second-order valence-electron chi connectivity index (χ2n) is 11.4. The fourth-order valence-electron chi connectivity index (χ4n) is 7.38. The lowest BCUT2D eigenvalue weighted by atomic mass is 9.55. The molecule has 0 radical (unpaired) electrons. The van der Waals surface area contributed by atoms with E-state index in [1.807, 2.05) is 44.2 Å². The number of fused-ring (bicyclic) bond motifs is 3. The Morgan fingerprint density at radius 2 is 1.89 bits per heavy atom. The van der Waals surface area contributed by atoms with E-state index in [-0.39, 0.29) is 23.3 Å². The molecule has 0 aliphatic heterocycles. The highest BCUT2D eigenvalue weighted by Gasteiger charge is 2.57. The molecule has 1 aromatic heterocycles. The van der Waals surface area contributed by atoms with Gasteiger partial charge in [-0.05, 0) is 116 Å². The second-order valence-corrected chi connectivity index (χ2v) is 11.4. The van der Waals surface area contributed by atoms with Gasteiger partial charge in [-0.2, -0.15) is 0 Å². The maximum Gasteiger partial charge on any atom is 0.119 e. The molecule has 5 nitrogen and oxygen atoms in total. The quantitative estimate of drug-likeness (QED) is 0.515. The number of benzene rings is 1. The van der Waals surface area contributed by atoms with Gasteiger partial charge in [0.15, 0.2) is 0 Å². The number of allylic oxidation sites excluding steroid dienone is 3. The lowest BCUT2D eigenvalue weighted by Crippen LogP contribution is -2.58. The first-order valence-electron chi connectivity index (χ1n) is 13.4. The van der Waals surface area contributed by atoms with Gasteiger partial charge in [0.05, 0.1) is 6.04 Å². The minimum Gasteiger partial charge on any atom is -0.510 e. The zero-order valence-corrected chi connectivity index (χ0v) is 23.0. The van der Waals surface area contributed by atoms with Gasteiger partial charge in [-0.1, -0.05) is 37.9 Å². The van der Waals surface area contributed by atoms with E-state index in [1.165, 1.54) is 22.3 Å². The first-order chi connectivity index (χ1) is 18.0. The standard InChI is InChI=1S/C33H39N3O2/c1-18-11-12-23(13-14-25-10-8-9-15-35-25)26-16-24-17-27-31(36(6)7)32(37)30(22(5)34)21(4)33(27,38)20(3)29(24)19(2)28(18)26/h8-12,15,24,27,31,37-38H,2,4-5,13-14,16-17,34H2,1,3,6-7H3/t24-,27?,31?,33-/m0/s1. The van der Waals surface area contributed by atoms with Crippen LogP contribution >= 0.6 is 0 Å². The number of hydrogen-bond donors (Lipinski definition) is 3. The summed E-state index contributed by atoms with van der Waals surface area (Å²) >= 11 is 0. The van der Waals surface area contributed by atoms with Gasteiger partial charge in [0, 0.05) is 29.1 Å². The Morgan fingerprint density at radius 3 is 2.53 bits per heavy atom. The van der Waals surface area contributed by atoms with Gasteiger partial charge in [-0.3, -0.25) is 9.88 Å². The smallest absolute Gasteiger partial charge is 0.119 e. The minimum absolute atomic E-state index is 0.139. The molecule has 0 saturated carbocycles. The molecule has 5 heteroatoms. The van der Waals surface area contributed by atoms with Crippen molar-refractivity contribution >= 4 is 5.57 Å². The van der Waals surface area contributed by atoms with Gasteiger partial charge in [0.1, 0.15) is 11.4 Å². The summed E-state index contributed by atoms with van der Waals surface area (Å²) in [7, 11) is 3.85. The summed E-state index contributed by atoms with van der Waals surface area (Å²) in [6.45, 7) is 16.9. The topological polar surface area (TPSA) is 82.6 Å². The van der Waals surface area contributed by atoms with Crippen molar-refractivity contribution in [3.8, 4) is 0 Å². The zero-order valence-electron chi connectivity index (χ0n) is 23.0. The molecule has 3 aliphatic rings. The molecule has 38 heavy (non-hydrogen) atoms. The van der Waals surface area contributed by atoms with Gasteiger partial charge in [0.2, 0.25) is 0 Å². The van der Waals surface area contributed by atoms with E-state index in [0.29, 0.717) is 17.6 Å². The highest BCUT2D eigenvalue weighted by Crippen LogP contribution is 2.57. The third-order valence-electron chi connectivity index (χ3n) is 9.09. The van der Waals surface area contributed by atoms with Crippen molar-refractivity contribution in [1.82, 2.24) is 9.88 Å². The number of aliphatic hydroxyl groups excluding tert-OH is 1. The Morgan fingerprint density at radius 1 is 1.16 bits per heavy atom. The molecule has 198 valence electrons. The van der Waals surface area contributed by atoms with Crippen LogP contribution in [0.4, 0.5) is 0 Å². The van der Waals surface area contributed by atoms with Gasteiger partial charge < -0.3 is 15.9 Å². The number of rotatable bonds is 5. The number of nitrogens with two attached hydrogens (primary N) is 1. The Labute approximate surface area is 226 Å². The Balaban J connectivity index is 1.62. The molecule has 3 aliphatic carbocycles. The summed E-state index contributed by atoms with van der Waals surface area (Å²) in [4.78, 5) is 6.48. The van der Waals surface area contributed by atoms with Gasteiger partial charge in [-0.25, -0.2) is 0 Å². The molecule has 1 aromatic carbocycles. The largest absolute Gasteiger partial charge is 0.510 e. The fourth-order valence-corrected chi connectivity index (χ4v) is 7.38. The van der Waals surface area contributed by atoms with E-state index in [9.17, 15) is 10.2 Å². The number of hydrogen-bond acceptors (Lipinski definition) is 5. The summed E-state index contributed by atoms with van der Waals surface area (Å²) in [5.41, 5.74) is 14.9. The molecule has 0 saturated heterocycles. The predicted octanol–water partition coefficient (Wildman–Crippen LogP) is 5.21. The molecule has 2 aromatic rings. The van der Waals surface area contributed by atoms with Crippen molar-refractivity contribution in [1.29, 1.82) is 0 Å². The van der Waals surface area contributed by atoms with Crippen LogP contribution in [0.15, 0.2) is 90.0 Å². The van der Waals surface area contributed by atoms with Crippen LogP contribution in [-0.4, -0.2) is 45.8 Å². The monoisotopic (exact) mass is 509 g/mol. The Bertz CT molecular complexity index is 1420. The van der Waals surface area contributed by atoms with Crippen molar-refractivity contribution in [2.24, 2.45) is 17.6 Å². The Hall–Kier alpha value is -3.41. The first-order valence-corrected chi connectivity index (χ1v) is 13.4. The normalized spacial score (nSPS) is 26.8. The van der Waals surface area contributed by atoms with Crippen molar-refractivity contribution in [3.05, 3.63) is 118 Å². The van der Waals surface area contributed by atoms with Crippen LogP contribution in [0.1, 0.15) is 41.3 Å². The molecular formula is C33H39N3O2. The third-order valence-corrected chi connectivity index (χ3v) is 9.09. The maximum absolute atomic E-state index is 12.4. The van der Waals surface area contributed by atoms with E-state index in [4.69, 9.17) is 5.73 Å². The summed E-state index contributed by atoms with van der Waals surface area (Å²) in [6.07, 6.45) is 5.21. The van der Waals surface area contributed by atoms with Crippen LogP contribution in [0, 0.1) is 18.8 Å². The van der Waals surface area contributed by atoms with E-state index < -0.39 is 11.6 Å². The number of aromatic nitrogens is 1. The first kappa shape index (κ1) is 26.2. The number of nitrogens with zero attached hydrogens (tertiary/aromatic N) is 2. The molecule has 5 rings (SSSR count). The van der Waals surface area contributed by atoms with Gasteiger partial charge in [0.25, 0.3) is 0 Å². The van der Waals surface area contributed by atoms with Crippen molar-refractivity contribution < 1.29 is 10.2 Å². The Kier molecular flexibility index (Phi) is 6.49. The molecule has 0 bridgehead atoms. The highest BCUT2D eigenvalue weighted by atomic mass is 16.3. The average Bonchev–Trinajstić information content (AvgIpc) is 2.86. The number of aliphatic hydroxyl groups is 2. The molecule has 1 heterocycles. The lowest BCUT2D eigenvalue weighted by molar-refractivity contribution is -0.0178. The van der Waals surface area contributed by atoms with E-state index >= 15 is 0 Å². The second kappa shape index (κ2) is 9.40. The lowest BCUT2D eigenvalue weighted by Gasteiger charge is -2.54. The van der Waals surface area contributed by atoms with Crippen LogP contribution in [0.3, 0.4) is 0 Å². The molecule has 4 N–H and O–H groups in total. The van der Waals surface area contributed by atoms with Crippen molar-refractivity contribution in [2.45, 2.75) is 51.2 Å². The van der Waals surface area contributed by atoms with E-state index in [2.05, 4.69) is 49.8 Å². The molecular weight excluding hydrogens is 470 g/mol. The van der Waals surface area contributed by atoms with Crippen molar-refractivity contribution in [2.75, 3.05) is 14.1 Å². The SMILES string of the molecule is C=C(N)C1=C(O)C(N(C)C)C2C[C@@H]3Cc4c(CCc5ccccn5)ccc(C)c4C(=C)C3=C(C)[C@]2(O)C1=C. The summed E-state index contributed by atoms with van der Waals surface area (Å²) < 4.78 is 0. The summed E-state index contributed by atoms with van der Waals surface area (Å²) in [5, 5.41) is 23.8. The van der Waals surface area contributed by atoms with Gasteiger partial charge >= 0.3 is 0 Å². The summed E-state index contributed by atoms with van der Waals surface area (Å²) in [6, 6.07) is 10.1. The fraction of sp³-hybridized carbons (Fsp3) is 0.364. The highest BCUT2D eigenvalue weighted by molar-refractivity contribution is 5.86. The van der Waals surface area contributed by atoms with E-state index in [0.717, 1.165) is 41.7 Å². The van der Waals surface area contributed by atoms with Crippen LogP contribution in [0.5, 0.6) is 0 Å². The molecule has 0 fully saturated rings. The average molecular weight is 510 g/mol. The van der Waals surface area contributed by atoms with Crippen LogP contribution in [0.25, 0.3) is 5.57 Å². The third kappa shape index (κ3) is 3.79. The molecule has 0 spiro atoms. The van der Waals surface area contributed by atoms with Gasteiger partial charge in [-0.15, -0.1) is 0 Å². The maximum atomic E-state index is 12.4. The molecule has 0 amide bonds. The summed E-state index contributed by atoms with van der Waals surface area (Å²) in [5.74, 6) is 0.0414. The minimum atomic E-state index is -1.35. The predicted molar refractivity (Wildman–Crippen MR) is 154 cm³/mol. The molecule has 2 unspecified atom stereocenters. The van der Waals surface area contributed by atoms with Crippen LogP contribution < -0.4 is 5.73 Å². The zero-order chi connectivity index (χ0) is 27.5. The number of likely N-dealkylation sites (N-methyl/N-ethyl adjacent to an activating group) is 1. The van der Waals surface area contributed by atoms with Crippen LogP contribution in [0.2, 0.25) is 0 Å². The van der Waals surface area contributed by atoms with Crippen LogP contribution in [-0.2, 0) is 19.3 Å². The molecule has 4 atom stereocenters.